The topological polar surface area (TPSA) is 55.8 Å². The second-order valence-electron chi connectivity index (χ2n) is 7.22. The summed E-state index contributed by atoms with van der Waals surface area (Å²) in [5.41, 5.74) is 0.151. The van der Waals surface area contributed by atoms with E-state index >= 15 is 0 Å². The Hall–Kier alpha value is -1.52. The van der Waals surface area contributed by atoms with Gasteiger partial charge in [-0.25, -0.2) is 4.79 Å². The van der Waals surface area contributed by atoms with E-state index in [-0.39, 0.29) is 12.1 Å². The number of hydrogen-bond acceptors (Lipinski definition) is 4. The molecule has 0 aromatic heterocycles. The van der Waals surface area contributed by atoms with E-state index in [0.29, 0.717) is 32.4 Å². The number of hydrogen-bond donors (Lipinski definition) is 0. The maximum absolute atomic E-state index is 12.2. The molecule has 0 aromatic rings. The van der Waals surface area contributed by atoms with Crippen LogP contribution in [0, 0.1) is 5.41 Å². The van der Waals surface area contributed by atoms with Gasteiger partial charge < -0.3 is 14.4 Å². The molecule has 1 saturated heterocycles. The smallest absolute Gasteiger partial charge is 0.410 e. The predicted molar refractivity (Wildman–Crippen MR) is 85.5 cm³/mol. The molecule has 0 saturated carbocycles. The Morgan fingerprint density at radius 3 is 2.14 bits per heavy atom. The summed E-state index contributed by atoms with van der Waals surface area (Å²) in [7, 11) is 1.42. The van der Waals surface area contributed by atoms with Gasteiger partial charge in [0.25, 0.3) is 0 Å². The summed E-state index contributed by atoms with van der Waals surface area (Å²) < 4.78 is 10.4. The lowest BCUT2D eigenvalue weighted by molar-refractivity contribution is -0.155. The van der Waals surface area contributed by atoms with Gasteiger partial charge in [-0.05, 0) is 53.9 Å². The van der Waals surface area contributed by atoms with Crippen LogP contribution in [-0.4, -0.2) is 42.8 Å². The quantitative estimate of drug-likeness (QED) is 0.591. The lowest BCUT2D eigenvalue weighted by Gasteiger charge is -2.39. The molecule has 0 N–H and O–H groups in total. The molecule has 1 fully saturated rings. The van der Waals surface area contributed by atoms with E-state index in [2.05, 4.69) is 6.08 Å². The van der Waals surface area contributed by atoms with Crippen molar-refractivity contribution in [2.24, 2.45) is 5.41 Å². The Balaban J connectivity index is 2.75. The molecule has 1 aliphatic rings. The molecule has 0 atom stereocenters. The molecule has 5 heteroatoms. The first kappa shape index (κ1) is 18.5. The maximum atomic E-state index is 12.2. The normalized spacial score (nSPS) is 17.6. The maximum Gasteiger partial charge on any atom is 0.410 e. The Morgan fingerprint density at radius 1 is 1.18 bits per heavy atom. The Bertz CT molecular complexity index is 436. The van der Waals surface area contributed by atoms with Crippen molar-refractivity contribution in [3.05, 3.63) is 11.6 Å². The van der Waals surface area contributed by atoms with Crippen LogP contribution < -0.4 is 0 Å². The van der Waals surface area contributed by atoms with Gasteiger partial charge in [-0.3, -0.25) is 4.79 Å². The summed E-state index contributed by atoms with van der Waals surface area (Å²) in [5.74, 6) is -0.186. The first-order chi connectivity index (χ1) is 10.1. The highest BCUT2D eigenvalue weighted by Gasteiger charge is 2.43. The number of carbonyl (C=O) groups excluding carboxylic acids is 2. The van der Waals surface area contributed by atoms with Crippen LogP contribution in [0.4, 0.5) is 4.79 Å². The Kier molecular flexibility index (Phi) is 6.03. The van der Waals surface area contributed by atoms with E-state index < -0.39 is 11.0 Å². The Labute approximate surface area is 133 Å². The van der Waals surface area contributed by atoms with E-state index in [4.69, 9.17) is 9.47 Å². The summed E-state index contributed by atoms with van der Waals surface area (Å²) in [6, 6.07) is 0. The number of likely N-dealkylation sites (tertiary alicyclic amines) is 1. The highest BCUT2D eigenvalue weighted by atomic mass is 16.6. The fraction of sp³-hybridized carbons (Fsp3) is 0.765. The third kappa shape index (κ3) is 5.04. The molecule has 1 rings (SSSR count). The number of rotatable bonds is 3. The first-order valence-corrected chi connectivity index (χ1v) is 7.79. The molecule has 0 aliphatic carbocycles. The van der Waals surface area contributed by atoms with Gasteiger partial charge >= 0.3 is 12.1 Å². The second-order valence-corrected chi connectivity index (χ2v) is 7.22. The zero-order chi connectivity index (χ0) is 17.0. The minimum atomic E-state index is -0.523. The van der Waals surface area contributed by atoms with Crippen molar-refractivity contribution in [3.63, 3.8) is 0 Å². The third-order valence-electron chi connectivity index (χ3n) is 3.89. The Morgan fingerprint density at radius 2 is 1.73 bits per heavy atom. The molecular weight excluding hydrogens is 282 g/mol. The largest absolute Gasteiger partial charge is 0.469 e. The molecule has 0 spiro atoms. The van der Waals surface area contributed by atoms with Gasteiger partial charge in [0, 0.05) is 13.1 Å². The van der Waals surface area contributed by atoms with E-state index in [9.17, 15) is 9.59 Å². The fourth-order valence-electron chi connectivity index (χ4n) is 2.55. The SMILES string of the molecule is COC(=O)C1(CC=C(C)C)CCN(C(=O)OC(C)(C)C)CC1. The van der Waals surface area contributed by atoms with E-state index in [1.165, 1.54) is 12.7 Å². The van der Waals surface area contributed by atoms with E-state index in [1.807, 2.05) is 34.6 Å². The monoisotopic (exact) mass is 311 g/mol. The van der Waals surface area contributed by atoms with Gasteiger partial charge in [0.05, 0.1) is 12.5 Å². The highest BCUT2D eigenvalue weighted by Crippen LogP contribution is 2.37. The molecule has 0 aromatic carbocycles. The minimum Gasteiger partial charge on any atom is -0.469 e. The molecule has 1 amide bonds. The molecule has 1 aliphatic heterocycles. The number of piperidine rings is 1. The average Bonchev–Trinajstić information content (AvgIpc) is 2.42. The molecule has 5 nitrogen and oxygen atoms in total. The molecular formula is C17H29NO4. The molecule has 0 bridgehead atoms. The summed E-state index contributed by atoms with van der Waals surface area (Å²) in [4.78, 5) is 26.0. The number of nitrogens with zero attached hydrogens (tertiary/aromatic N) is 1. The van der Waals surface area contributed by atoms with Crippen LogP contribution >= 0.6 is 0 Å². The summed E-state index contributed by atoms with van der Waals surface area (Å²) >= 11 is 0. The zero-order valence-electron chi connectivity index (χ0n) is 14.7. The van der Waals surface area contributed by atoms with Crippen LogP contribution in [0.3, 0.4) is 0 Å². The summed E-state index contributed by atoms with van der Waals surface area (Å²) in [6.45, 7) is 10.6. The lowest BCUT2D eigenvalue weighted by atomic mass is 9.75. The van der Waals surface area contributed by atoms with Gasteiger partial charge in [0.2, 0.25) is 0 Å². The van der Waals surface area contributed by atoms with Gasteiger partial charge in [0.15, 0.2) is 0 Å². The van der Waals surface area contributed by atoms with Crippen molar-refractivity contribution in [2.45, 2.75) is 59.5 Å². The van der Waals surface area contributed by atoms with Crippen molar-refractivity contribution in [1.82, 2.24) is 4.90 Å². The van der Waals surface area contributed by atoms with Crippen LogP contribution in [-0.2, 0) is 14.3 Å². The standard InChI is InChI=1S/C17H29NO4/c1-13(2)7-8-17(14(19)21-6)9-11-18(12-10-17)15(20)22-16(3,4)5/h7H,8-12H2,1-6H3. The summed E-state index contributed by atoms with van der Waals surface area (Å²) in [5, 5.41) is 0. The van der Waals surface area contributed by atoms with Gasteiger partial charge in [-0.1, -0.05) is 11.6 Å². The molecule has 22 heavy (non-hydrogen) atoms. The van der Waals surface area contributed by atoms with Crippen LogP contribution in [0.5, 0.6) is 0 Å². The highest BCUT2D eigenvalue weighted by molar-refractivity contribution is 5.78. The lowest BCUT2D eigenvalue weighted by Crippen LogP contribution is -2.48. The number of esters is 1. The number of allylic oxidation sites excluding steroid dienone is 2. The van der Waals surface area contributed by atoms with E-state index in [1.54, 1.807) is 4.90 Å². The van der Waals surface area contributed by atoms with Crippen LogP contribution in [0.15, 0.2) is 11.6 Å². The molecule has 1 heterocycles. The third-order valence-corrected chi connectivity index (χ3v) is 3.89. The van der Waals surface area contributed by atoms with Crippen molar-refractivity contribution in [2.75, 3.05) is 20.2 Å². The van der Waals surface area contributed by atoms with Crippen LogP contribution in [0.25, 0.3) is 0 Å². The number of methoxy groups -OCH3 is 1. The van der Waals surface area contributed by atoms with Crippen molar-refractivity contribution >= 4 is 12.1 Å². The minimum absolute atomic E-state index is 0.186. The van der Waals surface area contributed by atoms with Crippen molar-refractivity contribution in [3.8, 4) is 0 Å². The fourth-order valence-corrected chi connectivity index (χ4v) is 2.55. The van der Waals surface area contributed by atoms with Gasteiger partial charge in [-0.15, -0.1) is 0 Å². The molecule has 0 radical (unpaired) electrons. The van der Waals surface area contributed by atoms with Crippen LogP contribution in [0.1, 0.15) is 53.9 Å². The second kappa shape index (κ2) is 7.16. The predicted octanol–water partition coefficient (Wildman–Crippen LogP) is 3.53. The molecule has 0 unspecified atom stereocenters. The van der Waals surface area contributed by atoms with E-state index in [0.717, 1.165) is 0 Å². The van der Waals surface area contributed by atoms with Gasteiger partial charge in [0.1, 0.15) is 5.60 Å². The van der Waals surface area contributed by atoms with Crippen molar-refractivity contribution in [1.29, 1.82) is 0 Å². The molecule has 126 valence electrons. The van der Waals surface area contributed by atoms with Crippen molar-refractivity contribution < 1.29 is 19.1 Å². The average molecular weight is 311 g/mol. The number of ether oxygens (including phenoxy) is 2. The number of carbonyl (C=O) groups is 2. The van der Waals surface area contributed by atoms with Gasteiger partial charge in [-0.2, -0.15) is 0 Å². The zero-order valence-corrected chi connectivity index (χ0v) is 14.7. The van der Waals surface area contributed by atoms with Crippen LogP contribution in [0.2, 0.25) is 0 Å². The number of amides is 1. The summed E-state index contributed by atoms with van der Waals surface area (Å²) in [6.07, 6.45) is 3.61. The first-order valence-electron chi connectivity index (χ1n) is 7.79.